The average Bonchev–Trinajstić information content (AvgIpc) is 2.76. The van der Waals surface area contributed by atoms with Crippen LogP contribution < -0.4 is 4.80 Å². The molecule has 0 bridgehead atoms. The number of aryl methyl sites for hydroxylation is 3. The van der Waals surface area contributed by atoms with Crippen molar-refractivity contribution in [1.29, 1.82) is 0 Å². The Kier molecular flexibility index (Phi) is 3.66. The third-order valence-corrected chi connectivity index (χ3v) is 6.04. The van der Waals surface area contributed by atoms with Crippen molar-refractivity contribution in [3.63, 3.8) is 0 Å². The fourth-order valence-electron chi connectivity index (χ4n) is 2.35. The SMILES string of the molecule is Cc1ccc(S(=O)(=O)/N=c2\sc3cccc(C)c3n2C)cc1. The number of aromatic nitrogens is 1. The summed E-state index contributed by atoms with van der Waals surface area (Å²) in [6.45, 7) is 3.93. The van der Waals surface area contributed by atoms with E-state index in [9.17, 15) is 8.42 Å². The minimum absolute atomic E-state index is 0.215. The van der Waals surface area contributed by atoms with Gasteiger partial charge in [-0.25, -0.2) is 0 Å². The summed E-state index contributed by atoms with van der Waals surface area (Å²) in [5.74, 6) is 0. The predicted molar refractivity (Wildman–Crippen MR) is 89.5 cm³/mol. The summed E-state index contributed by atoms with van der Waals surface area (Å²) in [6, 6.07) is 12.7. The maximum absolute atomic E-state index is 12.5. The van der Waals surface area contributed by atoms with Crippen LogP contribution in [0.1, 0.15) is 11.1 Å². The minimum atomic E-state index is -3.70. The number of rotatable bonds is 2. The third kappa shape index (κ3) is 2.60. The maximum Gasteiger partial charge on any atom is 0.285 e. The number of hydrogen-bond acceptors (Lipinski definition) is 3. The van der Waals surface area contributed by atoms with Crippen LogP contribution in [0.3, 0.4) is 0 Å². The molecule has 4 nitrogen and oxygen atoms in total. The Morgan fingerprint density at radius 3 is 2.36 bits per heavy atom. The van der Waals surface area contributed by atoms with Gasteiger partial charge in [0.2, 0.25) is 4.80 Å². The zero-order valence-electron chi connectivity index (χ0n) is 12.6. The standard InChI is InChI=1S/C16H16N2O2S2/c1-11-7-9-13(10-8-11)22(19,20)17-16-18(3)15-12(2)5-4-6-14(15)21-16/h4-10H,1-3H3/b17-16-. The molecule has 0 aliphatic heterocycles. The first-order valence-corrected chi connectivity index (χ1v) is 9.07. The summed E-state index contributed by atoms with van der Waals surface area (Å²) in [5, 5.41) is 0. The van der Waals surface area contributed by atoms with E-state index in [1.165, 1.54) is 11.3 Å². The van der Waals surface area contributed by atoms with Crippen molar-refractivity contribution >= 4 is 31.6 Å². The fourth-order valence-corrected chi connectivity index (χ4v) is 4.68. The number of thiazole rings is 1. The molecule has 22 heavy (non-hydrogen) atoms. The molecule has 0 saturated carbocycles. The highest BCUT2D eigenvalue weighted by Crippen LogP contribution is 2.20. The fraction of sp³-hybridized carbons (Fsp3) is 0.188. The molecule has 0 atom stereocenters. The van der Waals surface area contributed by atoms with Crippen molar-refractivity contribution in [2.75, 3.05) is 0 Å². The summed E-state index contributed by atoms with van der Waals surface area (Å²) in [5.41, 5.74) is 3.14. The van der Waals surface area contributed by atoms with Crippen molar-refractivity contribution in [1.82, 2.24) is 4.57 Å². The van der Waals surface area contributed by atoms with Crippen molar-refractivity contribution < 1.29 is 8.42 Å². The lowest BCUT2D eigenvalue weighted by molar-refractivity contribution is 0.596. The predicted octanol–water partition coefficient (Wildman–Crippen LogP) is 3.15. The normalized spacial score (nSPS) is 13.0. The molecule has 0 saturated heterocycles. The van der Waals surface area contributed by atoms with Gasteiger partial charge in [0.1, 0.15) is 0 Å². The topological polar surface area (TPSA) is 51.4 Å². The van der Waals surface area contributed by atoms with Crippen LogP contribution in [0.15, 0.2) is 51.8 Å². The molecule has 0 aliphatic carbocycles. The summed E-state index contributed by atoms with van der Waals surface area (Å²) < 4.78 is 31.8. The van der Waals surface area contributed by atoms with E-state index in [0.717, 1.165) is 21.3 Å². The maximum atomic E-state index is 12.5. The molecule has 114 valence electrons. The smallest absolute Gasteiger partial charge is 0.285 e. The zero-order chi connectivity index (χ0) is 15.9. The average molecular weight is 332 g/mol. The molecule has 0 unspecified atom stereocenters. The molecule has 0 N–H and O–H groups in total. The molecule has 2 aromatic carbocycles. The summed E-state index contributed by atoms with van der Waals surface area (Å²) >= 11 is 1.38. The molecule has 0 spiro atoms. The Hall–Kier alpha value is -1.92. The van der Waals surface area contributed by atoms with Gasteiger partial charge in [-0.15, -0.1) is 4.40 Å². The van der Waals surface area contributed by atoms with Crippen molar-refractivity contribution in [3.05, 3.63) is 58.4 Å². The van der Waals surface area contributed by atoms with Crippen LogP contribution in [-0.2, 0) is 17.1 Å². The van der Waals surface area contributed by atoms with E-state index < -0.39 is 10.0 Å². The van der Waals surface area contributed by atoms with Gasteiger partial charge in [0.15, 0.2) is 0 Å². The molecule has 0 amide bonds. The summed E-state index contributed by atoms with van der Waals surface area (Å²) in [7, 11) is -1.86. The molecular weight excluding hydrogens is 316 g/mol. The van der Waals surface area contributed by atoms with Gasteiger partial charge in [-0.05, 0) is 37.6 Å². The highest BCUT2D eigenvalue weighted by Gasteiger charge is 2.14. The second-order valence-corrected chi connectivity index (χ2v) is 7.86. The minimum Gasteiger partial charge on any atom is -0.319 e. The molecule has 0 fully saturated rings. The van der Waals surface area contributed by atoms with Crippen LogP contribution in [0.4, 0.5) is 0 Å². The van der Waals surface area contributed by atoms with E-state index in [0.29, 0.717) is 4.80 Å². The van der Waals surface area contributed by atoms with Gasteiger partial charge >= 0.3 is 0 Å². The summed E-state index contributed by atoms with van der Waals surface area (Å²) in [4.78, 5) is 0.692. The first-order valence-electron chi connectivity index (χ1n) is 6.81. The number of benzene rings is 2. The monoisotopic (exact) mass is 332 g/mol. The lowest BCUT2D eigenvalue weighted by Crippen LogP contribution is -2.14. The van der Waals surface area contributed by atoms with Gasteiger partial charge in [-0.2, -0.15) is 8.42 Å². The zero-order valence-corrected chi connectivity index (χ0v) is 14.2. The Labute approximate surface area is 133 Å². The van der Waals surface area contributed by atoms with Crippen LogP contribution in [0.25, 0.3) is 10.2 Å². The quantitative estimate of drug-likeness (QED) is 0.724. The Morgan fingerprint density at radius 2 is 1.73 bits per heavy atom. The van der Waals surface area contributed by atoms with E-state index in [4.69, 9.17) is 0 Å². The summed E-state index contributed by atoms with van der Waals surface area (Å²) in [6.07, 6.45) is 0. The van der Waals surface area contributed by atoms with Gasteiger partial charge in [0.25, 0.3) is 10.0 Å². The van der Waals surface area contributed by atoms with Crippen LogP contribution >= 0.6 is 11.3 Å². The van der Waals surface area contributed by atoms with Gasteiger partial charge in [0, 0.05) is 7.05 Å². The van der Waals surface area contributed by atoms with Gasteiger partial charge < -0.3 is 4.57 Å². The Bertz CT molecular complexity index is 1010. The molecule has 1 aromatic heterocycles. The highest BCUT2D eigenvalue weighted by atomic mass is 32.2. The molecular formula is C16H16N2O2S2. The number of para-hydroxylation sites is 1. The molecule has 6 heteroatoms. The number of hydrogen-bond donors (Lipinski definition) is 0. The number of fused-ring (bicyclic) bond motifs is 1. The van der Waals surface area contributed by atoms with E-state index in [1.807, 2.05) is 43.7 Å². The third-order valence-electron chi connectivity index (χ3n) is 3.54. The molecule has 3 rings (SSSR count). The Balaban J connectivity index is 2.22. The van der Waals surface area contributed by atoms with E-state index >= 15 is 0 Å². The first kappa shape index (κ1) is 15.0. The molecule has 1 heterocycles. The largest absolute Gasteiger partial charge is 0.319 e. The molecule has 0 aliphatic rings. The van der Waals surface area contributed by atoms with Gasteiger partial charge in [0.05, 0.1) is 15.1 Å². The van der Waals surface area contributed by atoms with Crippen LogP contribution in [-0.4, -0.2) is 13.0 Å². The number of nitrogens with zero attached hydrogens (tertiary/aromatic N) is 2. The number of sulfonamides is 1. The highest BCUT2D eigenvalue weighted by molar-refractivity contribution is 7.90. The van der Waals surface area contributed by atoms with Crippen LogP contribution in [0.2, 0.25) is 0 Å². The van der Waals surface area contributed by atoms with E-state index in [-0.39, 0.29) is 4.90 Å². The second kappa shape index (κ2) is 5.37. The molecule has 3 aromatic rings. The van der Waals surface area contributed by atoms with E-state index in [1.54, 1.807) is 24.3 Å². The van der Waals surface area contributed by atoms with Crippen molar-refractivity contribution in [2.24, 2.45) is 11.4 Å². The lowest BCUT2D eigenvalue weighted by Gasteiger charge is -2.00. The van der Waals surface area contributed by atoms with Crippen LogP contribution in [0.5, 0.6) is 0 Å². The van der Waals surface area contributed by atoms with Gasteiger partial charge in [-0.1, -0.05) is 41.2 Å². The van der Waals surface area contributed by atoms with Gasteiger partial charge in [-0.3, -0.25) is 0 Å². The Morgan fingerprint density at radius 1 is 1.05 bits per heavy atom. The second-order valence-electron chi connectivity index (χ2n) is 5.24. The van der Waals surface area contributed by atoms with E-state index in [2.05, 4.69) is 4.40 Å². The van der Waals surface area contributed by atoms with Crippen LogP contribution in [0, 0.1) is 13.8 Å². The molecule has 0 radical (unpaired) electrons. The lowest BCUT2D eigenvalue weighted by atomic mass is 10.2. The van der Waals surface area contributed by atoms with Crippen molar-refractivity contribution in [3.8, 4) is 0 Å². The first-order chi connectivity index (χ1) is 10.4. The van der Waals surface area contributed by atoms with Crippen molar-refractivity contribution in [2.45, 2.75) is 18.7 Å².